The minimum Gasteiger partial charge on any atom is -0.336 e. The Bertz CT molecular complexity index is 678. The number of nitrogens with one attached hydrogen (secondary N) is 2. The second kappa shape index (κ2) is 9.02. The predicted molar refractivity (Wildman–Crippen MR) is 102 cm³/mol. The molecule has 0 saturated heterocycles. The highest BCUT2D eigenvalue weighted by molar-refractivity contribution is 6.30. The number of anilines is 1. The van der Waals surface area contributed by atoms with Crippen LogP contribution in [-0.2, 0) is 9.59 Å². The number of hydrogen-bond acceptors (Lipinski definition) is 4. The number of benzene rings is 1. The third kappa shape index (κ3) is 5.45. The maximum absolute atomic E-state index is 12.5. The van der Waals surface area contributed by atoms with Crippen LogP contribution in [0.3, 0.4) is 0 Å². The van der Waals surface area contributed by atoms with Gasteiger partial charge in [-0.05, 0) is 51.1 Å². The van der Waals surface area contributed by atoms with Crippen LogP contribution in [-0.4, -0.2) is 41.9 Å². The molecule has 1 aromatic rings. The van der Waals surface area contributed by atoms with Crippen molar-refractivity contribution in [1.82, 2.24) is 10.2 Å². The van der Waals surface area contributed by atoms with Crippen molar-refractivity contribution < 1.29 is 9.59 Å². The van der Waals surface area contributed by atoms with E-state index >= 15 is 0 Å². The normalized spacial score (nSPS) is 17.2. The summed E-state index contributed by atoms with van der Waals surface area (Å²) in [6, 6.07) is 8.59. The van der Waals surface area contributed by atoms with Gasteiger partial charge in [-0.3, -0.25) is 14.5 Å². The fourth-order valence-corrected chi connectivity index (χ4v) is 3.18. The molecule has 0 aliphatic heterocycles. The number of carbonyl (C=O) groups excluding carboxylic acids is 2. The zero-order valence-electron chi connectivity index (χ0n) is 15.2. The molecule has 1 aromatic carbocycles. The lowest BCUT2D eigenvalue weighted by Crippen LogP contribution is -2.55. The Morgan fingerprint density at radius 3 is 2.46 bits per heavy atom. The maximum atomic E-state index is 12.5. The number of hydrogen-bond donors (Lipinski definition) is 2. The Morgan fingerprint density at radius 2 is 1.88 bits per heavy atom. The van der Waals surface area contributed by atoms with Crippen molar-refractivity contribution in [2.75, 3.05) is 18.9 Å². The highest BCUT2D eigenvalue weighted by atomic mass is 35.5. The lowest BCUT2D eigenvalue weighted by Gasteiger charge is -2.34. The SMILES string of the molecule is C[C@H](C(=O)NC1(C#N)CCCCC1)N(C)CC(=O)Nc1ccc(Cl)cc1. The first-order valence-corrected chi connectivity index (χ1v) is 9.22. The van der Waals surface area contributed by atoms with Crippen LogP contribution < -0.4 is 10.6 Å². The Hall–Kier alpha value is -2.10. The number of carbonyl (C=O) groups is 2. The monoisotopic (exact) mass is 376 g/mol. The Morgan fingerprint density at radius 1 is 1.27 bits per heavy atom. The smallest absolute Gasteiger partial charge is 0.238 e. The predicted octanol–water partition coefficient (Wildman–Crippen LogP) is 2.94. The van der Waals surface area contributed by atoms with Gasteiger partial charge in [-0.2, -0.15) is 5.26 Å². The second-order valence-electron chi connectivity index (χ2n) is 6.89. The third-order valence-corrected chi connectivity index (χ3v) is 5.10. The first kappa shape index (κ1) is 20.2. The van der Waals surface area contributed by atoms with Gasteiger partial charge >= 0.3 is 0 Å². The van der Waals surface area contributed by atoms with Crippen LogP contribution in [0.1, 0.15) is 39.0 Å². The van der Waals surface area contributed by atoms with Crippen LogP contribution in [0.5, 0.6) is 0 Å². The number of nitrogens with zero attached hydrogens (tertiary/aromatic N) is 2. The van der Waals surface area contributed by atoms with E-state index in [9.17, 15) is 14.9 Å². The number of halogens is 1. The molecule has 0 bridgehead atoms. The summed E-state index contributed by atoms with van der Waals surface area (Å²) in [5.74, 6) is -0.447. The van der Waals surface area contributed by atoms with Crippen molar-refractivity contribution in [2.45, 2.75) is 50.6 Å². The van der Waals surface area contributed by atoms with E-state index in [0.717, 1.165) is 19.3 Å². The Kier molecular flexibility index (Phi) is 7.01. The zero-order chi connectivity index (χ0) is 19.2. The molecule has 7 heteroatoms. The van der Waals surface area contributed by atoms with E-state index < -0.39 is 11.6 Å². The van der Waals surface area contributed by atoms with Gasteiger partial charge in [-0.25, -0.2) is 0 Å². The highest BCUT2D eigenvalue weighted by Gasteiger charge is 2.35. The molecule has 2 N–H and O–H groups in total. The quantitative estimate of drug-likeness (QED) is 0.799. The number of nitriles is 1. The largest absolute Gasteiger partial charge is 0.336 e. The Balaban J connectivity index is 1.88. The molecule has 1 atom stereocenters. The third-order valence-electron chi connectivity index (χ3n) is 4.85. The van der Waals surface area contributed by atoms with Gasteiger partial charge in [0.25, 0.3) is 0 Å². The van der Waals surface area contributed by atoms with E-state index in [2.05, 4.69) is 16.7 Å². The topological polar surface area (TPSA) is 85.2 Å². The van der Waals surface area contributed by atoms with Gasteiger partial charge in [0.1, 0.15) is 5.54 Å². The van der Waals surface area contributed by atoms with Crippen molar-refractivity contribution in [3.63, 3.8) is 0 Å². The van der Waals surface area contributed by atoms with Gasteiger partial charge < -0.3 is 10.6 Å². The minimum atomic E-state index is -0.768. The summed E-state index contributed by atoms with van der Waals surface area (Å²) < 4.78 is 0. The molecule has 0 unspecified atom stereocenters. The fourth-order valence-electron chi connectivity index (χ4n) is 3.06. The van der Waals surface area contributed by atoms with Crippen LogP contribution in [0.25, 0.3) is 0 Å². The van der Waals surface area contributed by atoms with Crippen molar-refractivity contribution in [2.24, 2.45) is 0 Å². The van der Waals surface area contributed by atoms with Crippen molar-refractivity contribution >= 4 is 29.1 Å². The highest BCUT2D eigenvalue weighted by Crippen LogP contribution is 2.27. The zero-order valence-corrected chi connectivity index (χ0v) is 16.0. The number of amides is 2. The van der Waals surface area contributed by atoms with E-state index in [0.29, 0.717) is 23.6 Å². The minimum absolute atomic E-state index is 0.0662. The average Bonchev–Trinajstić information content (AvgIpc) is 2.63. The van der Waals surface area contributed by atoms with Gasteiger partial charge in [0.2, 0.25) is 11.8 Å². The standard InChI is InChI=1S/C19H25ClN4O2/c1-14(18(26)23-19(13-21)10-4-3-5-11-19)24(2)12-17(25)22-16-8-6-15(20)7-9-16/h6-9,14H,3-5,10-12H2,1-2H3,(H,22,25)(H,23,26)/t14-/m1/s1. The molecule has 0 heterocycles. The summed E-state index contributed by atoms with van der Waals surface area (Å²) in [7, 11) is 1.71. The summed E-state index contributed by atoms with van der Waals surface area (Å²) in [5.41, 5.74) is -0.119. The van der Waals surface area contributed by atoms with E-state index in [1.807, 2.05) is 0 Å². The summed E-state index contributed by atoms with van der Waals surface area (Å²) in [4.78, 5) is 26.4. The first-order chi connectivity index (χ1) is 12.3. The Labute approximate surface area is 159 Å². The maximum Gasteiger partial charge on any atom is 0.238 e. The lowest BCUT2D eigenvalue weighted by molar-refractivity contribution is -0.128. The molecular weight excluding hydrogens is 352 g/mol. The molecule has 26 heavy (non-hydrogen) atoms. The molecule has 0 radical (unpaired) electrons. The van der Waals surface area contributed by atoms with E-state index in [-0.39, 0.29) is 18.4 Å². The van der Waals surface area contributed by atoms with Gasteiger partial charge in [0.15, 0.2) is 0 Å². The van der Waals surface area contributed by atoms with Crippen LogP contribution >= 0.6 is 11.6 Å². The van der Waals surface area contributed by atoms with E-state index in [1.165, 1.54) is 0 Å². The molecule has 1 aliphatic carbocycles. The van der Waals surface area contributed by atoms with Gasteiger partial charge in [-0.1, -0.05) is 30.9 Å². The molecule has 1 aliphatic rings. The van der Waals surface area contributed by atoms with Crippen molar-refractivity contribution in [3.8, 4) is 6.07 Å². The van der Waals surface area contributed by atoms with Crippen molar-refractivity contribution in [3.05, 3.63) is 29.3 Å². The molecule has 6 nitrogen and oxygen atoms in total. The fraction of sp³-hybridized carbons (Fsp3) is 0.526. The van der Waals surface area contributed by atoms with Crippen LogP contribution in [0.2, 0.25) is 5.02 Å². The molecule has 2 rings (SSSR count). The number of likely N-dealkylation sites (N-methyl/N-ethyl adjacent to an activating group) is 1. The second-order valence-corrected chi connectivity index (χ2v) is 7.33. The molecule has 0 spiro atoms. The molecule has 2 amide bonds. The van der Waals surface area contributed by atoms with Gasteiger partial charge in [0.05, 0.1) is 18.7 Å². The molecule has 140 valence electrons. The van der Waals surface area contributed by atoms with Gasteiger partial charge in [-0.15, -0.1) is 0 Å². The van der Waals surface area contributed by atoms with Gasteiger partial charge in [0, 0.05) is 10.7 Å². The van der Waals surface area contributed by atoms with Crippen molar-refractivity contribution in [1.29, 1.82) is 5.26 Å². The summed E-state index contributed by atoms with van der Waals surface area (Å²) in [6.45, 7) is 1.80. The summed E-state index contributed by atoms with van der Waals surface area (Å²) >= 11 is 5.82. The summed E-state index contributed by atoms with van der Waals surface area (Å²) in [5, 5.41) is 15.8. The molecule has 0 aromatic heterocycles. The van der Waals surface area contributed by atoms with E-state index in [4.69, 9.17) is 11.6 Å². The van der Waals surface area contributed by atoms with Crippen LogP contribution in [0.15, 0.2) is 24.3 Å². The molecule has 1 saturated carbocycles. The number of rotatable bonds is 6. The first-order valence-electron chi connectivity index (χ1n) is 8.84. The van der Waals surface area contributed by atoms with Crippen LogP contribution in [0.4, 0.5) is 5.69 Å². The van der Waals surface area contributed by atoms with E-state index in [1.54, 1.807) is 43.1 Å². The lowest BCUT2D eigenvalue weighted by atomic mass is 9.82. The average molecular weight is 377 g/mol. The summed E-state index contributed by atoms with van der Waals surface area (Å²) in [6.07, 6.45) is 4.36. The van der Waals surface area contributed by atoms with Crippen LogP contribution in [0, 0.1) is 11.3 Å². The molecular formula is C19H25ClN4O2. The molecule has 1 fully saturated rings.